The molecule has 1 fully saturated rings. The van der Waals surface area contributed by atoms with Crippen LogP contribution < -0.4 is 4.90 Å². The summed E-state index contributed by atoms with van der Waals surface area (Å²) < 4.78 is 5.80. The topological polar surface area (TPSA) is 15.7 Å². The fourth-order valence-corrected chi connectivity index (χ4v) is 3.43. The molecule has 1 aromatic carbocycles. The van der Waals surface area contributed by atoms with Gasteiger partial charge in [-0.1, -0.05) is 36.0 Å². The molecule has 0 aromatic heterocycles. The molecule has 0 bridgehead atoms. The Hall–Kier alpha value is -1.98. The number of aryl methyl sites for hydroxylation is 1. The maximum Gasteiger partial charge on any atom is 0.270 e. The average Bonchev–Trinajstić information content (AvgIpc) is 2.82. The Labute approximate surface area is 147 Å². The zero-order chi connectivity index (χ0) is 16.6. The molecule has 0 radical (unpaired) electrons. The van der Waals surface area contributed by atoms with Crippen LogP contribution in [0.5, 0.6) is 0 Å². The van der Waals surface area contributed by atoms with Gasteiger partial charge in [0.1, 0.15) is 0 Å². The molecular formula is C18H18N2OS2. The van der Waals surface area contributed by atoms with Crippen molar-refractivity contribution in [1.82, 2.24) is 4.90 Å². The number of fused-ring (bicyclic) bond motifs is 1. The molecule has 2 heterocycles. The highest BCUT2D eigenvalue weighted by atomic mass is 32.1. The van der Waals surface area contributed by atoms with Gasteiger partial charge in [0.25, 0.3) is 5.17 Å². The first kappa shape index (κ1) is 15.9. The van der Waals surface area contributed by atoms with Crippen LogP contribution in [0.2, 0.25) is 0 Å². The Kier molecular flexibility index (Phi) is 4.33. The van der Waals surface area contributed by atoms with Crippen LogP contribution in [0.15, 0.2) is 48.4 Å². The molecule has 1 aromatic rings. The SMILES string of the molecule is C=CCN1C(=S)O/C(=C2\C=Cc3cc(C)ccc3N2CC)C1=S. The Morgan fingerprint density at radius 1 is 1.22 bits per heavy atom. The molecular weight excluding hydrogens is 324 g/mol. The van der Waals surface area contributed by atoms with E-state index in [4.69, 9.17) is 29.2 Å². The summed E-state index contributed by atoms with van der Waals surface area (Å²) in [6.07, 6.45) is 5.91. The van der Waals surface area contributed by atoms with Crippen molar-refractivity contribution in [3.63, 3.8) is 0 Å². The summed E-state index contributed by atoms with van der Waals surface area (Å²) in [4.78, 5) is 4.60. The van der Waals surface area contributed by atoms with Gasteiger partial charge in [0, 0.05) is 18.8 Å². The first-order chi connectivity index (χ1) is 11.1. The largest absolute Gasteiger partial charge is 0.426 e. The minimum atomic E-state index is 0.386. The second-order valence-electron chi connectivity index (χ2n) is 5.43. The Morgan fingerprint density at radius 2 is 2.00 bits per heavy atom. The van der Waals surface area contributed by atoms with Crippen molar-refractivity contribution in [2.24, 2.45) is 0 Å². The summed E-state index contributed by atoms with van der Waals surface area (Å²) >= 11 is 10.8. The van der Waals surface area contributed by atoms with Crippen molar-refractivity contribution in [1.29, 1.82) is 0 Å². The highest BCUT2D eigenvalue weighted by molar-refractivity contribution is 7.82. The second-order valence-corrected chi connectivity index (χ2v) is 6.16. The van der Waals surface area contributed by atoms with Crippen molar-refractivity contribution in [2.75, 3.05) is 18.0 Å². The molecule has 3 rings (SSSR count). The van der Waals surface area contributed by atoms with Gasteiger partial charge in [0.2, 0.25) is 0 Å². The Morgan fingerprint density at radius 3 is 2.70 bits per heavy atom. The molecule has 0 unspecified atom stereocenters. The van der Waals surface area contributed by atoms with E-state index < -0.39 is 0 Å². The van der Waals surface area contributed by atoms with Crippen LogP contribution >= 0.6 is 24.4 Å². The van der Waals surface area contributed by atoms with Gasteiger partial charge in [-0.3, -0.25) is 4.90 Å². The highest BCUT2D eigenvalue weighted by Crippen LogP contribution is 2.35. The number of ether oxygens (including phenoxy) is 1. The Balaban J connectivity index is 2.07. The molecule has 3 nitrogen and oxygen atoms in total. The van der Waals surface area contributed by atoms with E-state index in [9.17, 15) is 0 Å². The molecule has 2 aliphatic rings. The normalized spacial score (nSPS) is 19.9. The van der Waals surface area contributed by atoms with E-state index in [2.05, 4.69) is 49.6 Å². The smallest absolute Gasteiger partial charge is 0.270 e. The van der Waals surface area contributed by atoms with E-state index in [1.807, 2.05) is 6.08 Å². The van der Waals surface area contributed by atoms with Crippen LogP contribution in [0.25, 0.3) is 6.08 Å². The van der Waals surface area contributed by atoms with E-state index in [1.165, 1.54) is 11.1 Å². The first-order valence-electron chi connectivity index (χ1n) is 7.52. The molecule has 1 saturated heterocycles. The molecule has 5 heteroatoms. The van der Waals surface area contributed by atoms with Crippen molar-refractivity contribution in [2.45, 2.75) is 13.8 Å². The van der Waals surface area contributed by atoms with Crippen molar-refractivity contribution in [3.05, 3.63) is 59.5 Å². The quantitative estimate of drug-likeness (QED) is 0.463. The summed E-state index contributed by atoms with van der Waals surface area (Å²) in [6, 6.07) is 6.43. The number of rotatable bonds is 3. The minimum Gasteiger partial charge on any atom is -0.426 e. The Bertz CT molecular complexity index is 764. The third kappa shape index (κ3) is 2.71. The lowest BCUT2D eigenvalue weighted by Gasteiger charge is -2.30. The molecule has 0 aliphatic carbocycles. The fourth-order valence-electron chi connectivity index (χ4n) is 2.82. The summed E-state index contributed by atoms with van der Waals surface area (Å²) in [5.41, 5.74) is 4.54. The standard InChI is InChI=1S/C18H18N2OS2/c1-4-10-20-17(22)16(21-18(20)23)15-9-7-13-11-12(3)6-8-14(13)19(15)5-2/h4,6-9,11H,1,5,10H2,2-3H3/b16-15+. The number of benzene rings is 1. The maximum absolute atomic E-state index is 5.80. The predicted octanol–water partition coefficient (Wildman–Crippen LogP) is 4.19. The van der Waals surface area contributed by atoms with Gasteiger partial charge in [-0.25, -0.2) is 0 Å². The van der Waals surface area contributed by atoms with E-state index in [0.717, 1.165) is 17.9 Å². The van der Waals surface area contributed by atoms with Crippen LogP contribution in [0.1, 0.15) is 18.1 Å². The maximum atomic E-state index is 5.80. The number of hydrogen-bond acceptors (Lipinski definition) is 4. The molecule has 2 aliphatic heterocycles. The van der Waals surface area contributed by atoms with Gasteiger partial charge in [-0.2, -0.15) is 0 Å². The van der Waals surface area contributed by atoms with Gasteiger partial charge in [-0.15, -0.1) is 6.58 Å². The number of likely N-dealkylation sites (N-methyl/N-ethyl adjacent to an activating group) is 1. The zero-order valence-electron chi connectivity index (χ0n) is 13.2. The van der Waals surface area contributed by atoms with Gasteiger partial charge in [0.15, 0.2) is 10.7 Å². The molecule has 23 heavy (non-hydrogen) atoms. The van der Waals surface area contributed by atoms with Crippen LogP contribution in [0.4, 0.5) is 5.69 Å². The predicted molar refractivity (Wildman–Crippen MR) is 103 cm³/mol. The van der Waals surface area contributed by atoms with Gasteiger partial charge < -0.3 is 9.64 Å². The lowest BCUT2D eigenvalue weighted by atomic mass is 10.0. The van der Waals surface area contributed by atoms with Crippen LogP contribution in [-0.4, -0.2) is 28.2 Å². The lowest BCUT2D eigenvalue weighted by molar-refractivity contribution is 0.437. The number of anilines is 1. The average molecular weight is 342 g/mol. The molecule has 0 saturated carbocycles. The van der Waals surface area contributed by atoms with Crippen molar-refractivity contribution in [3.8, 4) is 0 Å². The molecule has 0 atom stereocenters. The van der Waals surface area contributed by atoms with E-state index in [-0.39, 0.29) is 0 Å². The molecule has 0 amide bonds. The van der Waals surface area contributed by atoms with Gasteiger partial charge in [0.05, 0.1) is 5.70 Å². The fraction of sp³-hybridized carbons (Fsp3) is 0.222. The first-order valence-corrected chi connectivity index (χ1v) is 8.33. The molecule has 118 valence electrons. The second kappa shape index (κ2) is 6.26. The number of allylic oxidation sites excluding steroid dienone is 1. The van der Waals surface area contributed by atoms with Crippen molar-refractivity contribution < 1.29 is 4.74 Å². The van der Waals surface area contributed by atoms with Crippen LogP contribution in [-0.2, 0) is 4.74 Å². The third-order valence-corrected chi connectivity index (χ3v) is 4.60. The van der Waals surface area contributed by atoms with E-state index in [0.29, 0.717) is 22.5 Å². The van der Waals surface area contributed by atoms with Crippen LogP contribution in [0, 0.1) is 6.92 Å². The third-order valence-electron chi connectivity index (χ3n) is 3.90. The monoisotopic (exact) mass is 342 g/mol. The summed E-state index contributed by atoms with van der Waals surface area (Å²) in [5.74, 6) is 0.649. The van der Waals surface area contributed by atoms with Crippen molar-refractivity contribution >= 4 is 46.4 Å². The number of hydrogen-bond donors (Lipinski definition) is 0. The van der Waals surface area contributed by atoms with E-state index in [1.54, 1.807) is 11.0 Å². The molecule has 0 spiro atoms. The summed E-state index contributed by atoms with van der Waals surface area (Å²) in [6.45, 7) is 9.33. The lowest BCUT2D eigenvalue weighted by Crippen LogP contribution is -2.29. The highest BCUT2D eigenvalue weighted by Gasteiger charge is 2.33. The minimum absolute atomic E-state index is 0.386. The van der Waals surface area contributed by atoms with Gasteiger partial charge in [-0.05, 0) is 49.8 Å². The molecule has 0 N–H and O–H groups in total. The number of nitrogens with zero attached hydrogens (tertiary/aromatic N) is 2. The number of thiocarbonyl (C=S) groups is 2. The van der Waals surface area contributed by atoms with Gasteiger partial charge >= 0.3 is 0 Å². The zero-order valence-corrected chi connectivity index (χ0v) is 14.8. The van der Waals surface area contributed by atoms with E-state index >= 15 is 0 Å². The summed E-state index contributed by atoms with van der Waals surface area (Å²) in [7, 11) is 0. The van der Waals surface area contributed by atoms with Crippen LogP contribution in [0.3, 0.4) is 0 Å². The summed E-state index contributed by atoms with van der Waals surface area (Å²) in [5, 5.41) is 0.386.